The Hall–Kier alpha value is -0.910. The number of carbonyl (C=O) groups excluding carboxylic acids is 1. The maximum absolute atomic E-state index is 11.6. The van der Waals surface area contributed by atoms with Crippen LogP contribution >= 0.6 is 15.9 Å². The van der Waals surface area contributed by atoms with Crippen LogP contribution in [0.2, 0.25) is 0 Å². The van der Waals surface area contributed by atoms with Gasteiger partial charge in [0.15, 0.2) is 6.29 Å². The summed E-state index contributed by atoms with van der Waals surface area (Å²) in [7, 11) is 0. The van der Waals surface area contributed by atoms with Crippen LogP contribution in [0.1, 0.15) is 64.0 Å². The molecule has 0 aromatic heterocycles. The maximum Gasteiger partial charge on any atom is 0.302 e. The molecule has 5 heteroatoms. The summed E-state index contributed by atoms with van der Waals surface area (Å²) < 4.78 is 18.1. The van der Waals surface area contributed by atoms with Crippen LogP contribution in [-0.2, 0) is 29.8 Å². The fourth-order valence-electron chi connectivity index (χ4n) is 3.79. The number of halogens is 1. The highest BCUT2D eigenvalue weighted by atomic mass is 79.9. The van der Waals surface area contributed by atoms with E-state index in [2.05, 4.69) is 55.8 Å². The van der Waals surface area contributed by atoms with E-state index in [9.17, 15) is 4.79 Å². The number of esters is 1. The Morgan fingerprint density at radius 1 is 1.17 bits per heavy atom. The van der Waals surface area contributed by atoms with Crippen molar-refractivity contribution in [2.75, 3.05) is 13.2 Å². The molecule has 0 amide bonds. The molecule has 132 valence electrons. The van der Waals surface area contributed by atoms with Crippen LogP contribution in [0.15, 0.2) is 16.6 Å². The molecule has 1 aliphatic carbocycles. The van der Waals surface area contributed by atoms with Crippen molar-refractivity contribution in [1.82, 2.24) is 0 Å². The van der Waals surface area contributed by atoms with Gasteiger partial charge in [-0.25, -0.2) is 0 Å². The average Bonchev–Trinajstić information content (AvgIpc) is 2.98. The molecule has 0 N–H and O–H groups in total. The van der Waals surface area contributed by atoms with Gasteiger partial charge in [0.2, 0.25) is 0 Å². The predicted molar refractivity (Wildman–Crippen MR) is 95.0 cm³/mol. The molecular weight excluding hydrogens is 372 g/mol. The van der Waals surface area contributed by atoms with Crippen molar-refractivity contribution < 1.29 is 19.0 Å². The van der Waals surface area contributed by atoms with Crippen molar-refractivity contribution >= 4 is 21.9 Å². The monoisotopic (exact) mass is 396 g/mol. The zero-order chi connectivity index (χ0) is 17.7. The highest BCUT2D eigenvalue weighted by Crippen LogP contribution is 2.49. The summed E-state index contributed by atoms with van der Waals surface area (Å²) in [6, 6.07) is 4.34. The number of rotatable bonds is 2. The van der Waals surface area contributed by atoms with E-state index in [1.165, 1.54) is 18.1 Å². The number of ether oxygens (including phenoxy) is 3. The minimum Gasteiger partial charge on any atom is -0.462 e. The van der Waals surface area contributed by atoms with Crippen molar-refractivity contribution in [2.24, 2.45) is 0 Å². The smallest absolute Gasteiger partial charge is 0.302 e. The summed E-state index contributed by atoms with van der Waals surface area (Å²) >= 11 is 3.68. The van der Waals surface area contributed by atoms with E-state index < -0.39 is 0 Å². The lowest BCUT2D eigenvalue weighted by atomic mass is 9.61. The van der Waals surface area contributed by atoms with Gasteiger partial charge < -0.3 is 14.2 Å². The van der Waals surface area contributed by atoms with Crippen LogP contribution in [0.25, 0.3) is 0 Å². The Kier molecular flexibility index (Phi) is 4.56. The third kappa shape index (κ3) is 3.02. The molecule has 1 saturated heterocycles. The van der Waals surface area contributed by atoms with Gasteiger partial charge in [0.1, 0.15) is 6.10 Å². The molecule has 1 fully saturated rings. The maximum atomic E-state index is 11.6. The second kappa shape index (κ2) is 6.11. The van der Waals surface area contributed by atoms with E-state index in [1.807, 2.05) is 0 Å². The molecule has 24 heavy (non-hydrogen) atoms. The SMILES string of the molecule is CC(=O)OC1CC(C)(C)c2cc(Br)c(C3OCCO3)cc2C1(C)C. The standard InChI is InChI=1S/C19H25BrO4/c1-11(21)24-16-10-18(2,3)13-9-15(20)12(17-22-6-7-23-17)8-14(13)19(16,4)5/h8-9,16-17H,6-7,10H2,1-5H3. The average molecular weight is 397 g/mol. The fraction of sp³-hybridized carbons (Fsp3) is 0.632. The molecule has 0 saturated carbocycles. The molecule has 3 rings (SSSR count). The Morgan fingerprint density at radius 3 is 2.38 bits per heavy atom. The Bertz CT molecular complexity index is 660. The summed E-state index contributed by atoms with van der Waals surface area (Å²) in [5.41, 5.74) is 3.12. The van der Waals surface area contributed by atoms with Gasteiger partial charge in [-0.1, -0.05) is 43.6 Å². The molecule has 0 spiro atoms. The first-order valence-electron chi connectivity index (χ1n) is 8.38. The van der Waals surface area contributed by atoms with Gasteiger partial charge >= 0.3 is 5.97 Å². The summed E-state index contributed by atoms with van der Waals surface area (Å²) in [4.78, 5) is 11.6. The third-order valence-corrected chi connectivity index (χ3v) is 5.93. The lowest BCUT2D eigenvalue weighted by Crippen LogP contribution is -2.47. The van der Waals surface area contributed by atoms with Crippen molar-refractivity contribution in [3.8, 4) is 0 Å². The molecule has 1 aliphatic heterocycles. The quantitative estimate of drug-likeness (QED) is 0.695. The minimum absolute atomic E-state index is 0.0800. The van der Waals surface area contributed by atoms with E-state index >= 15 is 0 Å². The van der Waals surface area contributed by atoms with E-state index in [-0.39, 0.29) is 29.2 Å². The van der Waals surface area contributed by atoms with Gasteiger partial charge in [0.25, 0.3) is 0 Å². The largest absolute Gasteiger partial charge is 0.462 e. The minimum atomic E-state index is -0.335. The molecule has 4 nitrogen and oxygen atoms in total. The first-order valence-corrected chi connectivity index (χ1v) is 9.17. The number of hydrogen-bond donors (Lipinski definition) is 0. The van der Waals surface area contributed by atoms with Crippen LogP contribution in [0, 0.1) is 0 Å². The van der Waals surface area contributed by atoms with Crippen LogP contribution in [0.3, 0.4) is 0 Å². The van der Waals surface area contributed by atoms with Crippen LogP contribution < -0.4 is 0 Å². The molecule has 1 heterocycles. The summed E-state index contributed by atoms with van der Waals surface area (Å²) in [6.07, 6.45) is 0.309. The van der Waals surface area contributed by atoms with Gasteiger partial charge in [-0.3, -0.25) is 4.79 Å². The Balaban J connectivity index is 2.12. The van der Waals surface area contributed by atoms with E-state index in [0.29, 0.717) is 13.2 Å². The van der Waals surface area contributed by atoms with Gasteiger partial charge in [-0.2, -0.15) is 0 Å². The Morgan fingerprint density at radius 2 is 1.79 bits per heavy atom. The highest BCUT2D eigenvalue weighted by Gasteiger charge is 2.46. The zero-order valence-corrected chi connectivity index (χ0v) is 16.5. The fourth-order valence-corrected chi connectivity index (χ4v) is 4.32. The second-order valence-corrected chi connectivity index (χ2v) is 8.75. The lowest BCUT2D eigenvalue weighted by Gasteiger charge is -2.47. The van der Waals surface area contributed by atoms with Crippen LogP contribution in [0.5, 0.6) is 0 Å². The van der Waals surface area contributed by atoms with Gasteiger partial charge in [-0.05, 0) is 35.1 Å². The molecule has 1 aromatic carbocycles. The van der Waals surface area contributed by atoms with E-state index in [4.69, 9.17) is 14.2 Å². The first kappa shape index (κ1) is 17.9. The Labute approximate surface area is 152 Å². The predicted octanol–water partition coefficient (Wildman–Crippen LogP) is 4.39. The van der Waals surface area contributed by atoms with E-state index in [0.717, 1.165) is 16.5 Å². The zero-order valence-electron chi connectivity index (χ0n) is 14.9. The molecule has 0 bridgehead atoms. The van der Waals surface area contributed by atoms with Crippen molar-refractivity contribution in [1.29, 1.82) is 0 Å². The van der Waals surface area contributed by atoms with Gasteiger partial charge in [0.05, 0.1) is 13.2 Å². The molecule has 2 aliphatic rings. The molecule has 1 unspecified atom stereocenters. The molecular formula is C19H25BrO4. The van der Waals surface area contributed by atoms with Crippen molar-refractivity contribution in [2.45, 2.75) is 64.3 Å². The number of hydrogen-bond acceptors (Lipinski definition) is 4. The van der Waals surface area contributed by atoms with Crippen LogP contribution in [-0.4, -0.2) is 25.3 Å². The summed E-state index contributed by atoms with van der Waals surface area (Å²) in [6.45, 7) is 11.4. The summed E-state index contributed by atoms with van der Waals surface area (Å²) in [5, 5.41) is 0. The van der Waals surface area contributed by atoms with Crippen molar-refractivity contribution in [3.63, 3.8) is 0 Å². The number of carbonyl (C=O) groups is 1. The normalized spacial score (nSPS) is 25.3. The van der Waals surface area contributed by atoms with Crippen LogP contribution in [0.4, 0.5) is 0 Å². The molecule has 1 atom stereocenters. The third-order valence-electron chi connectivity index (χ3n) is 5.24. The number of fused-ring (bicyclic) bond motifs is 1. The van der Waals surface area contributed by atoms with Gasteiger partial charge in [-0.15, -0.1) is 0 Å². The van der Waals surface area contributed by atoms with Crippen molar-refractivity contribution in [3.05, 3.63) is 33.3 Å². The van der Waals surface area contributed by atoms with Gasteiger partial charge in [0, 0.05) is 22.4 Å². The lowest BCUT2D eigenvalue weighted by molar-refractivity contribution is -0.151. The summed E-state index contributed by atoms with van der Waals surface area (Å²) in [5.74, 6) is -0.230. The second-order valence-electron chi connectivity index (χ2n) is 7.90. The first-order chi connectivity index (χ1) is 11.1. The molecule has 0 radical (unpaired) electrons. The van der Waals surface area contributed by atoms with E-state index in [1.54, 1.807) is 0 Å². The number of benzene rings is 1. The molecule has 1 aromatic rings. The topological polar surface area (TPSA) is 44.8 Å². The highest BCUT2D eigenvalue weighted by molar-refractivity contribution is 9.10.